The van der Waals surface area contributed by atoms with E-state index in [1.165, 1.54) is 0 Å². The van der Waals surface area contributed by atoms with Crippen LogP contribution in [0.3, 0.4) is 0 Å². The SMILES string of the molecule is CNC(=O)c1ccc(C[NH+](C)[C@@H](C)C(=O)NCc2ccccc2)cc1. The van der Waals surface area contributed by atoms with E-state index in [0.717, 1.165) is 16.0 Å². The van der Waals surface area contributed by atoms with Crippen LogP contribution in [0.2, 0.25) is 0 Å². The number of carbonyl (C=O) groups excluding carboxylic acids is 2. The van der Waals surface area contributed by atoms with E-state index in [1.54, 1.807) is 7.05 Å². The van der Waals surface area contributed by atoms with Crippen LogP contribution in [0, 0.1) is 0 Å². The number of hydrogen-bond donors (Lipinski definition) is 3. The minimum atomic E-state index is -0.165. The first-order valence-electron chi connectivity index (χ1n) is 8.46. The van der Waals surface area contributed by atoms with Gasteiger partial charge >= 0.3 is 0 Å². The van der Waals surface area contributed by atoms with Crippen LogP contribution in [0.1, 0.15) is 28.4 Å². The third-order valence-electron chi connectivity index (χ3n) is 4.37. The summed E-state index contributed by atoms with van der Waals surface area (Å²) in [6, 6.07) is 17.2. The third-order valence-corrected chi connectivity index (χ3v) is 4.37. The maximum absolute atomic E-state index is 12.3. The van der Waals surface area contributed by atoms with Crippen LogP contribution in [0.4, 0.5) is 0 Å². The molecule has 2 atom stereocenters. The van der Waals surface area contributed by atoms with E-state index >= 15 is 0 Å². The van der Waals surface area contributed by atoms with Crippen molar-refractivity contribution in [1.29, 1.82) is 0 Å². The standard InChI is InChI=1S/C20H25N3O2/c1-15(19(24)22-13-16-7-5-4-6-8-16)23(3)14-17-9-11-18(12-10-17)20(25)21-2/h4-12,15H,13-14H2,1-3H3,(H,21,25)(H,22,24)/p+1/t15-/m0/s1. The Morgan fingerprint density at radius 3 is 2.24 bits per heavy atom. The van der Waals surface area contributed by atoms with Crippen molar-refractivity contribution in [3.8, 4) is 0 Å². The van der Waals surface area contributed by atoms with Crippen molar-refractivity contribution in [2.75, 3.05) is 14.1 Å². The second-order valence-electron chi connectivity index (χ2n) is 6.22. The highest BCUT2D eigenvalue weighted by Crippen LogP contribution is 2.03. The molecule has 5 heteroatoms. The summed E-state index contributed by atoms with van der Waals surface area (Å²) < 4.78 is 0. The quantitative estimate of drug-likeness (QED) is 0.697. The number of carbonyl (C=O) groups is 2. The molecule has 5 nitrogen and oxygen atoms in total. The number of benzene rings is 2. The minimum Gasteiger partial charge on any atom is -0.355 e. The van der Waals surface area contributed by atoms with Crippen molar-refractivity contribution in [1.82, 2.24) is 10.6 Å². The highest BCUT2D eigenvalue weighted by molar-refractivity contribution is 5.93. The third kappa shape index (κ3) is 5.43. The van der Waals surface area contributed by atoms with Crippen LogP contribution in [-0.2, 0) is 17.9 Å². The fraction of sp³-hybridized carbons (Fsp3) is 0.300. The monoisotopic (exact) mass is 340 g/mol. The number of quaternary nitrogens is 1. The minimum absolute atomic E-state index is 0.0309. The normalized spacial score (nSPS) is 12.9. The number of nitrogens with one attached hydrogen (secondary N) is 3. The highest BCUT2D eigenvalue weighted by Gasteiger charge is 2.21. The van der Waals surface area contributed by atoms with Gasteiger partial charge in [0.15, 0.2) is 6.04 Å². The summed E-state index contributed by atoms with van der Waals surface area (Å²) in [5.41, 5.74) is 2.82. The predicted octanol–water partition coefficient (Wildman–Crippen LogP) is 0.766. The Labute approximate surface area is 149 Å². The number of likely N-dealkylation sites (N-methyl/N-ethyl adjacent to an activating group) is 1. The van der Waals surface area contributed by atoms with Gasteiger partial charge in [-0.1, -0.05) is 42.5 Å². The van der Waals surface area contributed by atoms with E-state index < -0.39 is 0 Å². The summed E-state index contributed by atoms with van der Waals surface area (Å²) in [6.07, 6.45) is 0. The molecule has 2 rings (SSSR count). The smallest absolute Gasteiger partial charge is 0.278 e. The Morgan fingerprint density at radius 2 is 1.64 bits per heavy atom. The molecule has 25 heavy (non-hydrogen) atoms. The zero-order valence-corrected chi connectivity index (χ0v) is 15.0. The fourth-order valence-electron chi connectivity index (χ4n) is 2.56. The molecule has 1 unspecified atom stereocenters. The van der Waals surface area contributed by atoms with Crippen LogP contribution >= 0.6 is 0 Å². The van der Waals surface area contributed by atoms with E-state index in [4.69, 9.17) is 0 Å². The molecule has 0 aliphatic heterocycles. The summed E-state index contributed by atoms with van der Waals surface area (Å²) in [5.74, 6) is -0.0655. The van der Waals surface area contributed by atoms with Crippen molar-refractivity contribution < 1.29 is 14.5 Å². The van der Waals surface area contributed by atoms with Crippen LogP contribution in [0.5, 0.6) is 0 Å². The van der Waals surface area contributed by atoms with Gasteiger partial charge in [-0.25, -0.2) is 0 Å². The van der Waals surface area contributed by atoms with Crippen LogP contribution in [0.15, 0.2) is 54.6 Å². The van der Waals surface area contributed by atoms with Crippen LogP contribution in [-0.4, -0.2) is 32.0 Å². The highest BCUT2D eigenvalue weighted by atomic mass is 16.2. The summed E-state index contributed by atoms with van der Waals surface area (Å²) in [4.78, 5) is 25.0. The summed E-state index contributed by atoms with van der Waals surface area (Å²) in [6.45, 7) is 3.18. The summed E-state index contributed by atoms with van der Waals surface area (Å²) >= 11 is 0. The lowest BCUT2D eigenvalue weighted by molar-refractivity contribution is -0.908. The number of amides is 2. The Kier molecular flexibility index (Phi) is 6.71. The van der Waals surface area contributed by atoms with E-state index in [1.807, 2.05) is 68.6 Å². The van der Waals surface area contributed by atoms with Gasteiger partial charge in [-0.05, 0) is 24.6 Å². The molecule has 2 aromatic carbocycles. The molecular weight excluding hydrogens is 314 g/mol. The largest absolute Gasteiger partial charge is 0.355 e. The molecule has 0 fully saturated rings. The topological polar surface area (TPSA) is 62.6 Å². The van der Waals surface area contributed by atoms with Crippen molar-refractivity contribution in [3.05, 3.63) is 71.3 Å². The lowest BCUT2D eigenvalue weighted by Crippen LogP contribution is -3.12. The Hall–Kier alpha value is -2.66. The van der Waals surface area contributed by atoms with Gasteiger partial charge in [-0.3, -0.25) is 9.59 Å². The van der Waals surface area contributed by atoms with E-state index in [2.05, 4.69) is 10.6 Å². The van der Waals surface area contributed by atoms with E-state index in [-0.39, 0.29) is 17.9 Å². The first kappa shape index (κ1) is 18.7. The van der Waals surface area contributed by atoms with Gasteiger partial charge in [0.05, 0.1) is 7.05 Å². The van der Waals surface area contributed by atoms with Gasteiger partial charge in [0.2, 0.25) is 0 Å². The number of rotatable bonds is 7. The van der Waals surface area contributed by atoms with Gasteiger partial charge in [0.25, 0.3) is 11.8 Å². The van der Waals surface area contributed by atoms with Crippen LogP contribution < -0.4 is 15.5 Å². The van der Waals surface area contributed by atoms with Crippen molar-refractivity contribution in [2.24, 2.45) is 0 Å². The zero-order valence-electron chi connectivity index (χ0n) is 15.0. The molecule has 0 aromatic heterocycles. The summed E-state index contributed by atoms with van der Waals surface area (Å²) in [5, 5.41) is 5.59. The van der Waals surface area contributed by atoms with E-state index in [0.29, 0.717) is 18.7 Å². The average Bonchev–Trinajstić information content (AvgIpc) is 2.66. The zero-order chi connectivity index (χ0) is 18.2. The van der Waals surface area contributed by atoms with Gasteiger partial charge in [-0.2, -0.15) is 0 Å². The molecule has 0 aliphatic rings. The number of hydrogen-bond acceptors (Lipinski definition) is 2. The first-order chi connectivity index (χ1) is 12.0. The lowest BCUT2D eigenvalue weighted by Gasteiger charge is -2.21. The fourth-order valence-corrected chi connectivity index (χ4v) is 2.56. The molecule has 0 aliphatic carbocycles. The molecule has 2 aromatic rings. The van der Waals surface area contributed by atoms with Crippen molar-refractivity contribution in [3.63, 3.8) is 0 Å². The molecule has 0 saturated heterocycles. The second kappa shape index (κ2) is 8.99. The van der Waals surface area contributed by atoms with Crippen LogP contribution in [0.25, 0.3) is 0 Å². The molecule has 0 radical (unpaired) electrons. The maximum atomic E-state index is 12.3. The van der Waals surface area contributed by atoms with Gasteiger partial charge in [-0.15, -0.1) is 0 Å². The van der Waals surface area contributed by atoms with E-state index in [9.17, 15) is 9.59 Å². The molecule has 0 heterocycles. The second-order valence-corrected chi connectivity index (χ2v) is 6.22. The Balaban J connectivity index is 1.87. The summed E-state index contributed by atoms with van der Waals surface area (Å²) in [7, 11) is 3.61. The Morgan fingerprint density at radius 1 is 1.00 bits per heavy atom. The van der Waals surface area contributed by atoms with Gasteiger partial charge in [0.1, 0.15) is 6.54 Å². The molecule has 132 valence electrons. The van der Waals surface area contributed by atoms with Crippen molar-refractivity contribution >= 4 is 11.8 Å². The molecule has 0 bridgehead atoms. The molecular formula is C20H26N3O2+. The molecule has 2 amide bonds. The first-order valence-corrected chi connectivity index (χ1v) is 8.46. The predicted molar refractivity (Wildman–Crippen MR) is 98.2 cm³/mol. The lowest BCUT2D eigenvalue weighted by atomic mass is 10.1. The maximum Gasteiger partial charge on any atom is 0.278 e. The van der Waals surface area contributed by atoms with Gasteiger partial charge < -0.3 is 15.5 Å². The molecule has 3 N–H and O–H groups in total. The Bertz CT molecular complexity index is 699. The average molecular weight is 340 g/mol. The molecule has 0 spiro atoms. The van der Waals surface area contributed by atoms with Crippen molar-refractivity contribution in [2.45, 2.75) is 26.1 Å². The van der Waals surface area contributed by atoms with Gasteiger partial charge in [0, 0.05) is 24.7 Å². The molecule has 0 saturated carbocycles.